The standard InChI is InChI=1S/C18H25N5O4/c1-27-13-5-2-4-12(10-13)21-18(26)23-9-8-19-15(11-23)17(25)22-14-6-3-7-20-16(14)24/h2,4-5,10,14-15,19H,3,6-9,11H2,1H3,(H,20,24)(H,21,26)(H,22,25)/p+1/t14-,15-/m0/s1. The second-order valence-corrected chi connectivity index (χ2v) is 6.73. The average molecular weight is 376 g/mol. The highest BCUT2D eigenvalue weighted by molar-refractivity contribution is 5.92. The third-order valence-electron chi connectivity index (χ3n) is 4.81. The zero-order chi connectivity index (χ0) is 19.2. The van der Waals surface area contributed by atoms with Gasteiger partial charge in [-0.05, 0) is 25.0 Å². The van der Waals surface area contributed by atoms with E-state index in [1.165, 1.54) is 0 Å². The molecular weight excluding hydrogens is 350 g/mol. The lowest BCUT2D eigenvalue weighted by Gasteiger charge is -2.31. The molecule has 3 rings (SSSR count). The van der Waals surface area contributed by atoms with Gasteiger partial charge in [0.25, 0.3) is 5.91 Å². The second kappa shape index (κ2) is 8.72. The van der Waals surface area contributed by atoms with Gasteiger partial charge in [0.05, 0.1) is 26.7 Å². The zero-order valence-electron chi connectivity index (χ0n) is 15.4. The number of rotatable bonds is 4. The summed E-state index contributed by atoms with van der Waals surface area (Å²) in [6.07, 6.45) is 1.49. The van der Waals surface area contributed by atoms with Crippen LogP contribution < -0.4 is 26.0 Å². The summed E-state index contributed by atoms with van der Waals surface area (Å²) in [6, 6.07) is 5.94. The molecule has 2 fully saturated rings. The summed E-state index contributed by atoms with van der Waals surface area (Å²) < 4.78 is 5.16. The van der Waals surface area contributed by atoms with Gasteiger partial charge in [0.15, 0.2) is 6.04 Å². The maximum atomic E-state index is 12.5. The van der Waals surface area contributed by atoms with Crippen molar-refractivity contribution in [3.8, 4) is 5.75 Å². The summed E-state index contributed by atoms with van der Waals surface area (Å²) in [5, 5.41) is 10.3. The van der Waals surface area contributed by atoms with E-state index in [1.54, 1.807) is 36.3 Å². The number of nitrogens with zero attached hydrogens (tertiary/aromatic N) is 1. The Morgan fingerprint density at radius 3 is 3.00 bits per heavy atom. The fourth-order valence-corrected chi connectivity index (χ4v) is 3.30. The van der Waals surface area contributed by atoms with Crippen LogP contribution >= 0.6 is 0 Å². The highest BCUT2D eigenvalue weighted by atomic mass is 16.5. The van der Waals surface area contributed by atoms with E-state index >= 15 is 0 Å². The van der Waals surface area contributed by atoms with Crippen LogP contribution in [0.5, 0.6) is 5.75 Å². The molecule has 27 heavy (non-hydrogen) atoms. The summed E-state index contributed by atoms with van der Waals surface area (Å²) >= 11 is 0. The SMILES string of the molecule is COc1cccc(NC(=O)N2CC[NH2+][C@H](C(=O)N[C@H]3CCCNC3=O)C2)c1. The molecule has 2 aliphatic rings. The predicted molar refractivity (Wildman–Crippen MR) is 98.3 cm³/mol. The lowest BCUT2D eigenvalue weighted by atomic mass is 10.1. The van der Waals surface area contributed by atoms with Crippen molar-refractivity contribution in [2.45, 2.75) is 24.9 Å². The van der Waals surface area contributed by atoms with Gasteiger partial charge in [0.2, 0.25) is 5.91 Å². The van der Waals surface area contributed by atoms with Gasteiger partial charge in [-0.2, -0.15) is 0 Å². The van der Waals surface area contributed by atoms with E-state index in [2.05, 4.69) is 16.0 Å². The molecule has 0 aliphatic carbocycles. The molecule has 0 radical (unpaired) electrons. The van der Waals surface area contributed by atoms with E-state index in [4.69, 9.17) is 4.74 Å². The molecular formula is C18H26N5O4+. The van der Waals surface area contributed by atoms with E-state index < -0.39 is 12.1 Å². The van der Waals surface area contributed by atoms with E-state index in [-0.39, 0.29) is 24.4 Å². The van der Waals surface area contributed by atoms with Crippen LogP contribution in [0.3, 0.4) is 0 Å². The highest BCUT2D eigenvalue weighted by Crippen LogP contribution is 2.17. The molecule has 9 nitrogen and oxygen atoms in total. The van der Waals surface area contributed by atoms with Crippen LogP contribution in [-0.2, 0) is 9.59 Å². The smallest absolute Gasteiger partial charge is 0.322 e. The quantitative estimate of drug-likeness (QED) is 0.532. The van der Waals surface area contributed by atoms with Gasteiger partial charge in [0.1, 0.15) is 11.8 Å². The molecule has 146 valence electrons. The van der Waals surface area contributed by atoms with Gasteiger partial charge in [-0.1, -0.05) is 6.07 Å². The Bertz CT molecular complexity index is 711. The van der Waals surface area contributed by atoms with Crippen LogP contribution in [0.2, 0.25) is 0 Å². The number of urea groups is 1. The van der Waals surface area contributed by atoms with E-state index in [1.807, 2.05) is 5.32 Å². The number of piperazine rings is 1. The number of carbonyl (C=O) groups is 3. The molecule has 4 amide bonds. The fourth-order valence-electron chi connectivity index (χ4n) is 3.30. The summed E-state index contributed by atoms with van der Waals surface area (Å²) in [5.41, 5.74) is 0.633. The van der Waals surface area contributed by atoms with Gasteiger partial charge in [-0.15, -0.1) is 0 Å². The summed E-state index contributed by atoms with van der Waals surface area (Å²) in [4.78, 5) is 38.5. The molecule has 2 heterocycles. The summed E-state index contributed by atoms with van der Waals surface area (Å²) in [6.45, 7) is 2.11. The van der Waals surface area contributed by atoms with Crippen LogP contribution in [0, 0.1) is 0 Å². The Balaban J connectivity index is 1.55. The number of amides is 4. The lowest BCUT2D eigenvalue weighted by molar-refractivity contribution is -0.684. The minimum atomic E-state index is -0.486. The molecule has 2 atom stereocenters. The average Bonchev–Trinajstić information content (AvgIpc) is 2.70. The van der Waals surface area contributed by atoms with Crippen molar-refractivity contribution in [3.63, 3.8) is 0 Å². The van der Waals surface area contributed by atoms with Gasteiger partial charge in [0, 0.05) is 18.3 Å². The number of piperidine rings is 1. The topological polar surface area (TPSA) is 116 Å². The molecule has 1 aromatic rings. The number of carbonyl (C=O) groups excluding carboxylic acids is 3. The first kappa shape index (κ1) is 19.0. The van der Waals surface area contributed by atoms with Crippen LogP contribution in [0.25, 0.3) is 0 Å². The van der Waals surface area contributed by atoms with Crippen LogP contribution in [-0.4, -0.2) is 68.1 Å². The van der Waals surface area contributed by atoms with Gasteiger partial charge in [-0.25, -0.2) is 4.79 Å². The van der Waals surface area contributed by atoms with Crippen LogP contribution in [0.1, 0.15) is 12.8 Å². The number of ether oxygens (including phenoxy) is 1. The molecule has 0 unspecified atom stereocenters. The Morgan fingerprint density at radius 2 is 2.22 bits per heavy atom. The van der Waals surface area contributed by atoms with Crippen molar-refractivity contribution in [1.29, 1.82) is 0 Å². The number of hydrogen-bond acceptors (Lipinski definition) is 4. The first-order chi connectivity index (χ1) is 13.1. The Hall–Kier alpha value is -2.81. The fraction of sp³-hybridized carbons (Fsp3) is 0.500. The largest absolute Gasteiger partial charge is 0.497 e. The van der Waals surface area contributed by atoms with Crippen molar-refractivity contribution < 1.29 is 24.4 Å². The molecule has 0 aromatic heterocycles. The number of nitrogens with two attached hydrogens (primary N) is 1. The Kier molecular flexibility index (Phi) is 6.12. The number of benzene rings is 1. The molecule has 0 spiro atoms. The first-order valence-electron chi connectivity index (χ1n) is 9.18. The third-order valence-corrected chi connectivity index (χ3v) is 4.81. The van der Waals surface area contributed by atoms with E-state index in [0.29, 0.717) is 37.5 Å². The molecule has 5 N–H and O–H groups in total. The minimum Gasteiger partial charge on any atom is -0.497 e. The zero-order valence-corrected chi connectivity index (χ0v) is 15.4. The van der Waals surface area contributed by atoms with Gasteiger partial charge in [-0.3, -0.25) is 9.59 Å². The maximum absolute atomic E-state index is 12.5. The monoisotopic (exact) mass is 376 g/mol. The highest BCUT2D eigenvalue weighted by Gasteiger charge is 2.34. The normalized spacial score (nSPS) is 22.6. The second-order valence-electron chi connectivity index (χ2n) is 6.73. The Labute approximate surface area is 157 Å². The van der Waals surface area contributed by atoms with Crippen molar-refractivity contribution in [2.24, 2.45) is 0 Å². The minimum absolute atomic E-state index is 0.141. The number of hydrogen-bond donors (Lipinski definition) is 4. The van der Waals surface area contributed by atoms with Crippen molar-refractivity contribution in [3.05, 3.63) is 24.3 Å². The number of anilines is 1. The Morgan fingerprint density at radius 1 is 1.37 bits per heavy atom. The molecule has 9 heteroatoms. The summed E-state index contributed by atoms with van der Waals surface area (Å²) in [7, 11) is 1.57. The van der Waals surface area contributed by atoms with Gasteiger partial charge >= 0.3 is 6.03 Å². The molecule has 1 aromatic carbocycles. The number of nitrogens with one attached hydrogen (secondary N) is 3. The van der Waals surface area contributed by atoms with Crippen molar-refractivity contribution in [1.82, 2.24) is 15.5 Å². The molecule has 2 aliphatic heterocycles. The number of quaternary nitrogens is 1. The molecule has 2 saturated heterocycles. The van der Waals surface area contributed by atoms with Crippen molar-refractivity contribution >= 4 is 23.5 Å². The van der Waals surface area contributed by atoms with E-state index in [9.17, 15) is 14.4 Å². The molecule has 0 bridgehead atoms. The van der Waals surface area contributed by atoms with E-state index in [0.717, 1.165) is 6.42 Å². The predicted octanol–water partition coefficient (Wildman–Crippen LogP) is -1.13. The first-order valence-corrected chi connectivity index (χ1v) is 9.18. The summed E-state index contributed by atoms with van der Waals surface area (Å²) in [5.74, 6) is 0.303. The van der Waals surface area contributed by atoms with Gasteiger partial charge < -0.3 is 30.9 Å². The molecule has 0 saturated carbocycles. The maximum Gasteiger partial charge on any atom is 0.322 e. The van der Waals surface area contributed by atoms with Crippen LogP contribution in [0.4, 0.5) is 10.5 Å². The number of methoxy groups -OCH3 is 1. The lowest BCUT2D eigenvalue weighted by Crippen LogP contribution is -2.98. The van der Waals surface area contributed by atoms with Crippen LogP contribution in [0.15, 0.2) is 24.3 Å². The van der Waals surface area contributed by atoms with Crippen molar-refractivity contribution in [2.75, 3.05) is 38.6 Å². The third kappa shape index (κ3) is 4.88.